The molecular formula is C26H32N2O5. The summed E-state index contributed by atoms with van der Waals surface area (Å²) in [5.41, 5.74) is 2.25. The van der Waals surface area contributed by atoms with E-state index in [4.69, 9.17) is 9.47 Å². The van der Waals surface area contributed by atoms with Crippen LogP contribution in [-0.2, 0) is 9.59 Å². The van der Waals surface area contributed by atoms with Gasteiger partial charge in [0.25, 0.3) is 11.7 Å². The first kappa shape index (κ1) is 24.2. The van der Waals surface area contributed by atoms with Crippen molar-refractivity contribution >= 4 is 23.1 Å². The van der Waals surface area contributed by atoms with Crippen molar-refractivity contribution in [3.63, 3.8) is 0 Å². The van der Waals surface area contributed by atoms with Gasteiger partial charge < -0.3 is 24.4 Å². The van der Waals surface area contributed by atoms with E-state index in [0.29, 0.717) is 23.6 Å². The third-order valence-electron chi connectivity index (χ3n) is 5.92. The second-order valence-corrected chi connectivity index (χ2v) is 8.26. The molecule has 1 unspecified atom stereocenters. The van der Waals surface area contributed by atoms with Gasteiger partial charge in [0.15, 0.2) is 11.5 Å². The molecule has 2 aromatic carbocycles. The second kappa shape index (κ2) is 10.4. The van der Waals surface area contributed by atoms with Crippen LogP contribution in [0.1, 0.15) is 43.4 Å². The lowest BCUT2D eigenvalue weighted by atomic mass is 9.95. The number of rotatable bonds is 9. The number of hydrogen-bond acceptors (Lipinski definition) is 6. The van der Waals surface area contributed by atoms with Crippen LogP contribution in [0.15, 0.2) is 48.0 Å². The first-order valence-electron chi connectivity index (χ1n) is 11.1. The van der Waals surface area contributed by atoms with Crippen LogP contribution in [0.25, 0.3) is 5.76 Å². The summed E-state index contributed by atoms with van der Waals surface area (Å²) in [6.07, 6.45) is 2.73. The maximum absolute atomic E-state index is 13.1. The van der Waals surface area contributed by atoms with Crippen LogP contribution in [-0.4, -0.2) is 56.6 Å². The van der Waals surface area contributed by atoms with E-state index in [1.165, 1.54) is 14.2 Å². The number of benzene rings is 2. The molecule has 1 heterocycles. The molecule has 0 saturated carbocycles. The fraction of sp³-hybridized carbons (Fsp3) is 0.385. The summed E-state index contributed by atoms with van der Waals surface area (Å²) < 4.78 is 10.6. The number of amides is 1. The highest BCUT2D eigenvalue weighted by Crippen LogP contribution is 2.41. The normalized spacial score (nSPS) is 17.4. The van der Waals surface area contributed by atoms with Crippen LogP contribution in [0.2, 0.25) is 0 Å². The first-order chi connectivity index (χ1) is 15.8. The molecule has 1 atom stereocenters. The zero-order valence-corrected chi connectivity index (χ0v) is 19.9. The van der Waals surface area contributed by atoms with Gasteiger partial charge in [-0.05, 0) is 42.3 Å². The lowest BCUT2D eigenvalue weighted by Gasteiger charge is -2.26. The van der Waals surface area contributed by atoms with Crippen LogP contribution < -0.4 is 14.4 Å². The lowest BCUT2D eigenvalue weighted by Crippen LogP contribution is -2.30. The number of nitrogens with zero attached hydrogens (tertiary/aromatic N) is 2. The number of methoxy groups -OCH3 is 2. The highest BCUT2D eigenvalue weighted by atomic mass is 16.5. The monoisotopic (exact) mass is 452 g/mol. The van der Waals surface area contributed by atoms with E-state index in [0.717, 1.165) is 30.5 Å². The van der Waals surface area contributed by atoms with Crippen molar-refractivity contribution in [3.8, 4) is 11.5 Å². The van der Waals surface area contributed by atoms with Crippen molar-refractivity contribution in [2.45, 2.75) is 32.2 Å². The predicted octanol–water partition coefficient (Wildman–Crippen LogP) is 4.38. The van der Waals surface area contributed by atoms with E-state index in [2.05, 4.69) is 6.92 Å². The van der Waals surface area contributed by atoms with Crippen LogP contribution in [0.3, 0.4) is 0 Å². The minimum atomic E-state index is -0.680. The molecule has 2 aromatic rings. The van der Waals surface area contributed by atoms with Crippen LogP contribution in [0.5, 0.6) is 11.5 Å². The molecule has 0 radical (unpaired) electrons. The number of ketones is 1. The molecule has 1 aliphatic heterocycles. The topological polar surface area (TPSA) is 79.3 Å². The highest BCUT2D eigenvalue weighted by Gasteiger charge is 2.45. The third kappa shape index (κ3) is 4.82. The number of hydrogen-bond donors (Lipinski definition) is 1. The molecule has 3 rings (SSSR count). The SMILES string of the molecule is CCCCCN1C(=O)C(=O)/C(=C(\O)c2ccc(OC)c(OC)c2)C1c1ccc(N(C)C)cc1. The summed E-state index contributed by atoms with van der Waals surface area (Å²) in [6, 6.07) is 11.9. The van der Waals surface area contributed by atoms with Gasteiger partial charge in [-0.25, -0.2) is 0 Å². The molecule has 1 aliphatic rings. The van der Waals surface area contributed by atoms with E-state index in [9.17, 15) is 14.7 Å². The fourth-order valence-electron chi connectivity index (χ4n) is 4.08. The number of aliphatic hydroxyl groups is 1. The number of likely N-dealkylation sites (tertiary alicyclic amines) is 1. The predicted molar refractivity (Wildman–Crippen MR) is 129 cm³/mol. The zero-order chi connectivity index (χ0) is 24.1. The molecule has 176 valence electrons. The first-order valence-corrected chi connectivity index (χ1v) is 11.1. The van der Waals surface area contributed by atoms with E-state index < -0.39 is 17.7 Å². The Labute approximate surface area is 195 Å². The van der Waals surface area contributed by atoms with Gasteiger partial charge in [0.2, 0.25) is 0 Å². The van der Waals surface area contributed by atoms with Crippen molar-refractivity contribution in [2.75, 3.05) is 39.8 Å². The Morgan fingerprint density at radius 2 is 1.67 bits per heavy atom. The molecule has 1 saturated heterocycles. The van der Waals surface area contributed by atoms with E-state index >= 15 is 0 Å². The van der Waals surface area contributed by atoms with Gasteiger partial charge in [-0.3, -0.25) is 9.59 Å². The summed E-state index contributed by atoms with van der Waals surface area (Å²) >= 11 is 0. The van der Waals surface area contributed by atoms with Crippen molar-refractivity contribution in [1.29, 1.82) is 0 Å². The Bertz CT molecular complexity index is 1040. The number of Topliss-reactive ketones (excluding diaryl/α,β-unsaturated/α-hetero) is 1. The highest BCUT2D eigenvalue weighted by molar-refractivity contribution is 6.46. The standard InChI is InChI=1S/C26H32N2O5/c1-6-7-8-15-28-23(17-9-12-19(13-10-17)27(2)3)22(25(30)26(28)31)24(29)18-11-14-20(32-4)21(16-18)33-5/h9-14,16,23,29H,6-8,15H2,1-5H3/b24-22-. The Balaban J connectivity index is 2.13. The Morgan fingerprint density at radius 3 is 2.24 bits per heavy atom. The number of aliphatic hydroxyl groups excluding tert-OH is 1. The molecule has 1 fully saturated rings. The second-order valence-electron chi connectivity index (χ2n) is 8.26. The van der Waals surface area contributed by atoms with Crippen molar-refractivity contribution in [2.24, 2.45) is 0 Å². The maximum Gasteiger partial charge on any atom is 0.295 e. The molecule has 0 bridgehead atoms. The molecule has 1 N–H and O–H groups in total. The van der Waals surface area contributed by atoms with Crippen molar-refractivity contribution in [3.05, 3.63) is 59.2 Å². The molecular weight excluding hydrogens is 420 g/mol. The minimum Gasteiger partial charge on any atom is -0.507 e. The van der Waals surface area contributed by atoms with Gasteiger partial charge in [-0.15, -0.1) is 0 Å². The largest absolute Gasteiger partial charge is 0.507 e. The third-order valence-corrected chi connectivity index (χ3v) is 5.92. The quantitative estimate of drug-likeness (QED) is 0.263. The van der Waals surface area contributed by atoms with Gasteiger partial charge in [0.05, 0.1) is 25.8 Å². The van der Waals surface area contributed by atoms with Gasteiger partial charge in [-0.2, -0.15) is 0 Å². The lowest BCUT2D eigenvalue weighted by molar-refractivity contribution is -0.139. The van der Waals surface area contributed by atoms with Crippen LogP contribution >= 0.6 is 0 Å². The van der Waals surface area contributed by atoms with Crippen molar-refractivity contribution in [1.82, 2.24) is 4.90 Å². The Hall–Kier alpha value is -3.48. The number of ether oxygens (including phenoxy) is 2. The summed E-state index contributed by atoms with van der Waals surface area (Å²) in [5.74, 6) is -0.570. The zero-order valence-electron chi connectivity index (χ0n) is 19.9. The summed E-state index contributed by atoms with van der Waals surface area (Å²) in [7, 11) is 6.92. The van der Waals surface area contributed by atoms with Gasteiger partial charge in [0.1, 0.15) is 5.76 Å². The Kier molecular flexibility index (Phi) is 7.63. The molecule has 0 aromatic heterocycles. The molecule has 7 heteroatoms. The number of carbonyl (C=O) groups is 2. The Morgan fingerprint density at radius 1 is 1.00 bits per heavy atom. The maximum atomic E-state index is 13.1. The van der Waals surface area contributed by atoms with Crippen LogP contribution in [0.4, 0.5) is 5.69 Å². The average molecular weight is 453 g/mol. The average Bonchev–Trinajstić information content (AvgIpc) is 3.08. The number of carbonyl (C=O) groups excluding carboxylic acids is 2. The number of unbranched alkanes of at least 4 members (excludes halogenated alkanes) is 2. The summed E-state index contributed by atoms with van der Waals surface area (Å²) in [4.78, 5) is 29.7. The van der Waals surface area contributed by atoms with E-state index in [-0.39, 0.29) is 11.3 Å². The number of anilines is 1. The van der Waals surface area contributed by atoms with E-state index in [1.807, 2.05) is 43.3 Å². The molecule has 7 nitrogen and oxygen atoms in total. The van der Waals surface area contributed by atoms with Gasteiger partial charge >= 0.3 is 0 Å². The summed E-state index contributed by atoms with van der Waals surface area (Å²) in [5, 5.41) is 11.2. The van der Waals surface area contributed by atoms with Crippen molar-refractivity contribution < 1.29 is 24.2 Å². The van der Waals surface area contributed by atoms with E-state index in [1.54, 1.807) is 23.1 Å². The van der Waals surface area contributed by atoms with Gasteiger partial charge in [-0.1, -0.05) is 31.9 Å². The molecule has 0 aliphatic carbocycles. The van der Waals surface area contributed by atoms with Gasteiger partial charge in [0, 0.05) is 31.9 Å². The fourth-order valence-corrected chi connectivity index (χ4v) is 4.08. The molecule has 33 heavy (non-hydrogen) atoms. The smallest absolute Gasteiger partial charge is 0.295 e. The van der Waals surface area contributed by atoms with Crippen LogP contribution in [0, 0.1) is 0 Å². The molecule has 1 amide bonds. The molecule has 0 spiro atoms. The summed E-state index contributed by atoms with van der Waals surface area (Å²) in [6.45, 7) is 2.53. The minimum absolute atomic E-state index is 0.0846.